The molecule has 4 heteroatoms. The van der Waals surface area contributed by atoms with Crippen LogP contribution in [0.25, 0.3) is 0 Å². The number of rotatable bonds is 2. The van der Waals surface area contributed by atoms with E-state index < -0.39 is 11.5 Å². The van der Waals surface area contributed by atoms with Crippen LogP contribution in [0.2, 0.25) is 0 Å². The first-order valence-electron chi connectivity index (χ1n) is 5.60. The molecule has 17 heavy (non-hydrogen) atoms. The van der Waals surface area contributed by atoms with Gasteiger partial charge in [-0.05, 0) is 38.3 Å². The van der Waals surface area contributed by atoms with Gasteiger partial charge in [0.25, 0.3) is 0 Å². The molecule has 3 nitrogen and oxygen atoms in total. The Morgan fingerprint density at radius 1 is 1.35 bits per heavy atom. The number of para-hydroxylation sites is 1. The van der Waals surface area contributed by atoms with Crippen LogP contribution in [0.4, 0.5) is 5.69 Å². The first-order valence-corrected chi connectivity index (χ1v) is 5.60. The molecule has 0 unspecified atom stereocenters. The summed E-state index contributed by atoms with van der Waals surface area (Å²) in [6, 6.07) is 7.99. The summed E-state index contributed by atoms with van der Waals surface area (Å²) in [5.74, 6) is -1.02. The molecule has 0 radical (unpaired) electrons. The van der Waals surface area contributed by atoms with Gasteiger partial charge in [0.1, 0.15) is 0 Å². The molecule has 0 bridgehead atoms. The molecule has 0 aromatic heterocycles. The van der Waals surface area contributed by atoms with Crippen molar-refractivity contribution in [1.82, 2.24) is 0 Å². The number of carbonyl (C=O) groups is 1. The fraction of sp³-hybridized carbons (Fsp3) is 0.462. The Balaban J connectivity index is 0.00000144. The minimum Gasteiger partial charge on any atom is -0.548 e. The molecule has 86 valence electrons. The van der Waals surface area contributed by atoms with Crippen LogP contribution in [0.15, 0.2) is 24.3 Å². The van der Waals surface area contributed by atoms with Gasteiger partial charge < -0.3 is 14.8 Å². The zero-order chi connectivity index (χ0) is 11.8. The maximum atomic E-state index is 11.2. The second kappa shape index (κ2) is 5.42. The summed E-state index contributed by atoms with van der Waals surface area (Å²) < 4.78 is 0. The molecule has 0 amide bonds. The van der Waals surface area contributed by atoms with Gasteiger partial charge in [0, 0.05) is 12.2 Å². The van der Waals surface area contributed by atoms with Gasteiger partial charge in [-0.1, -0.05) is 18.2 Å². The molecule has 0 fully saturated rings. The first-order chi connectivity index (χ1) is 7.53. The standard InChI is InChI=1S/C13H17NO2.Na/c1-13(2,12(15)16)14-9-5-7-10-6-3-4-8-11(10)14;/h3-4,6,8H,5,7,9H2,1-2H3,(H,15,16);/q;+1/p-1. The van der Waals surface area contributed by atoms with Crippen molar-refractivity contribution in [2.45, 2.75) is 32.2 Å². The minimum atomic E-state index is -1.02. The van der Waals surface area contributed by atoms with Gasteiger partial charge in [0.15, 0.2) is 0 Å². The summed E-state index contributed by atoms with van der Waals surface area (Å²) in [5, 5.41) is 11.2. The predicted octanol–water partition coefficient (Wildman–Crippen LogP) is -2.03. The number of anilines is 1. The minimum absolute atomic E-state index is 0. The quantitative estimate of drug-likeness (QED) is 0.561. The third kappa shape index (κ3) is 2.67. The Morgan fingerprint density at radius 3 is 2.65 bits per heavy atom. The topological polar surface area (TPSA) is 43.4 Å². The maximum Gasteiger partial charge on any atom is 1.00 e. The summed E-state index contributed by atoms with van der Waals surface area (Å²) in [4.78, 5) is 13.1. The Labute approximate surface area is 124 Å². The summed E-state index contributed by atoms with van der Waals surface area (Å²) in [7, 11) is 0. The molecule has 1 aromatic rings. The first kappa shape index (κ1) is 14.6. The molecule has 1 aliphatic rings. The Morgan fingerprint density at radius 2 is 2.00 bits per heavy atom. The average Bonchev–Trinajstić information content (AvgIpc) is 2.28. The van der Waals surface area contributed by atoms with E-state index in [2.05, 4.69) is 6.07 Å². The number of fused-ring (bicyclic) bond motifs is 1. The van der Waals surface area contributed by atoms with Crippen LogP contribution in [0.1, 0.15) is 25.8 Å². The molecule has 1 aromatic carbocycles. The van der Waals surface area contributed by atoms with Crippen molar-refractivity contribution in [3.8, 4) is 0 Å². The molecule has 0 atom stereocenters. The van der Waals surface area contributed by atoms with E-state index in [9.17, 15) is 9.90 Å². The largest absolute Gasteiger partial charge is 1.00 e. The Bertz CT molecular complexity index is 418. The van der Waals surface area contributed by atoms with Gasteiger partial charge in [-0.3, -0.25) is 0 Å². The van der Waals surface area contributed by atoms with E-state index in [1.54, 1.807) is 13.8 Å². The van der Waals surface area contributed by atoms with Crippen LogP contribution < -0.4 is 39.6 Å². The number of carbonyl (C=O) groups excluding carboxylic acids is 1. The fourth-order valence-corrected chi connectivity index (χ4v) is 2.22. The molecule has 1 heterocycles. The molecule has 0 saturated carbocycles. The van der Waals surface area contributed by atoms with Crippen molar-refractivity contribution in [3.63, 3.8) is 0 Å². The van der Waals surface area contributed by atoms with E-state index >= 15 is 0 Å². The average molecular weight is 241 g/mol. The zero-order valence-corrected chi connectivity index (χ0v) is 12.7. The van der Waals surface area contributed by atoms with Crippen molar-refractivity contribution < 1.29 is 39.5 Å². The van der Waals surface area contributed by atoms with Gasteiger partial charge in [-0.15, -0.1) is 0 Å². The smallest absolute Gasteiger partial charge is 0.548 e. The Hall–Kier alpha value is -0.510. The number of hydrogen-bond donors (Lipinski definition) is 0. The van der Waals surface area contributed by atoms with Gasteiger partial charge in [0.05, 0.1) is 11.5 Å². The number of aryl methyl sites for hydroxylation is 1. The Kier molecular flexibility index (Phi) is 4.64. The van der Waals surface area contributed by atoms with Crippen molar-refractivity contribution in [3.05, 3.63) is 29.8 Å². The number of carboxylic acid groups (broad SMARTS) is 1. The molecule has 0 saturated heterocycles. The van der Waals surface area contributed by atoms with Crippen molar-refractivity contribution in [2.24, 2.45) is 0 Å². The van der Waals surface area contributed by atoms with E-state index in [0.717, 1.165) is 25.1 Å². The van der Waals surface area contributed by atoms with Crippen LogP contribution in [0, 0.1) is 0 Å². The zero-order valence-electron chi connectivity index (χ0n) is 10.7. The normalized spacial score (nSPS) is 14.8. The second-order valence-corrected chi connectivity index (χ2v) is 4.73. The van der Waals surface area contributed by atoms with Crippen LogP contribution in [0.3, 0.4) is 0 Å². The predicted molar refractivity (Wildman–Crippen MR) is 61.2 cm³/mol. The monoisotopic (exact) mass is 241 g/mol. The van der Waals surface area contributed by atoms with Gasteiger partial charge in [-0.25, -0.2) is 0 Å². The van der Waals surface area contributed by atoms with Crippen LogP contribution >= 0.6 is 0 Å². The summed E-state index contributed by atoms with van der Waals surface area (Å²) in [6.45, 7) is 4.17. The SMILES string of the molecule is CC(C)(C(=O)[O-])N1CCCc2ccccc21.[Na+]. The number of hydrogen-bond acceptors (Lipinski definition) is 3. The van der Waals surface area contributed by atoms with Crippen molar-refractivity contribution in [2.75, 3.05) is 11.4 Å². The number of nitrogens with zero attached hydrogens (tertiary/aromatic N) is 1. The molecular weight excluding hydrogens is 225 g/mol. The maximum absolute atomic E-state index is 11.2. The van der Waals surface area contributed by atoms with E-state index in [0.29, 0.717) is 0 Å². The third-order valence-electron chi connectivity index (χ3n) is 3.28. The third-order valence-corrected chi connectivity index (χ3v) is 3.28. The van der Waals surface area contributed by atoms with Crippen LogP contribution in [0.5, 0.6) is 0 Å². The molecule has 0 aliphatic carbocycles. The van der Waals surface area contributed by atoms with Gasteiger partial charge >= 0.3 is 29.6 Å². The van der Waals surface area contributed by atoms with Crippen LogP contribution in [-0.4, -0.2) is 18.1 Å². The van der Waals surface area contributed by atoms with E-state index in [1.807, 2.05) is 23.1 Å². The number of aliphatic carboxylic acids is 1. The molecule has 1 aliphatic heterocycles. The summed E-state index contributed by atoms with van der Waals surface area (Å²) in [6.07, 6.45) is 2.02. The summed E-state index contributed by atoms with van der Waals surface area (Å²) >= 11 is 0. The van der Waals surface area contributed by atoms with E-state index in [4.69, 9.17) is 0 Å². The van der Waals surface area contributed by atoms with Crippen LogP contribution in [-0.2, 0) is 11.2 Å². The number of benzene rings is 1. The molecule has 2 rings (SSSR count). The van der Waals surface area contributed by atoms with Gasteiger partial charge in [0.2, 0.25) is 0 Å². The van der Waals surface area contributed by atoms with E-state index in [-0.39, 0.29) is 29.6 Å². The molecule has 0 N–H and O–H groups in total. The fourth-order valence-electron chi connectivity index (χ4n) is 2.22. The van der Waals surface area contributed by atoms with Crippen molar-refractivity contribution >= 4 is 11.7 Å². The van der Waals surface area contributed by atoms with Gasteiger partial charge in [-0.2, -0.15) is 0 Å². The molecular formula is C13H16NNaO2. The molecule has 0 spiro atoms. The number of carboxylic acids is 1. The van der Waals surface area contributed by atoms with E-state index in [1.165, 1.54) is 5.56 Å². The second-order valence-electron chi connectivity index (χ2n) is 4.73. The summed E-state index contributed by atoms with van der Waals surface area (Å²) in [5.41, 5.74) is 1.31. The van der Waals surface area contributed by atoms with Crippen molar-refractivity contribution in [1.29, 1.82) is 0 Å².